The van der Waals surface area contributed by atoms with E-state index in [1.165, 1.54) is 23.4 Å². The maximum absolute atomic E-state index is 12.4. The van der Waals surface area contributed by atoms with Crippen molar-refractivity contribution in [3.63, 3.8) is 0 Å². The van der Waals surface area contributed by atoms with Crippen LogP contribution in [0.5, 0.6) is 5.75 Å². The number of rotatable bonds is 6. The largest absolute Gasteiger partial charge is 0.482 e. The molecule has 4 aromatic carbocycles. The lowest BCUT2D eigenvalue weighted by atomic mass is 9.97. The van der Waals surface area contributed by atoms with Gasteiger partial charge in [0.25, 0.3) is 0 Å². The van der Waals surface area contributed by atoms with Crippen LogP contribution < -0.4 is 15.0 Å². The second-order valence-corrected chi connectivity index (χ2v) is 9.77. The predicted octanol–water partition coefficient (Wildman–Crippen LogP) is 6.57. The van der Waals surface area contributed by atoms with E-state index in [2.05, 4.69) is 78.7 Å². The number of esters is 1. The number of carbonyl (C=O) groups is 1. The number of ether oxygens (including phenoxy) is 2. The summed E-state index contributed by atoms with van der Waals surface area (Å²) in [6, 6.07) is 29.1. The molecule has 36 heavy (non-hydrogen) atoms. The zero-order chi connectivity index (χ0) is 25.3. The van der Waals surface area contributed by atoms with Crippen LogP contribution in [0.4, 0.5) is 11.4 Å². The minimum atomic E-state index is -0.497. The van der Waals surface area contributed by atoms with Gasteiger partial charge in [0, 0.05) is 18.3 Å². The molecule has 5 rings (SSSR count). The standard InChI is InChI=1S/C31H32N2O3/c1-21-16-17-24(18-27(21)30(34)35-4)33-20-31(3,36-29-15-8-7-14-28(29)33)19-32-22(2)25-13-9-11-23-10-5-6-12-26(23)25/h5-18,22,32H,19-20H2,1-4H3/t22-,31?/m1/s1. The fourth-order valence-corrected chi connectivity index (χ4v) is 5.02. The summed E-state index contributed by atoms with van der Waals surface area (Å²) in [7, 11) is 1.42. The van der Waals surface area contributed by atoms with Gasteiger partial charge in [-0.25, -0.2) is 4.79 Å². The summed E-state index contributed by atoms with van der Waals surface area (Å²) in [4.78, 5) is 14.6. The van der Waals surface area contributed by atoms with Gasteiger partial charge in [-0.1, -0.05) is 60.7 Å². The lowest BCUT2D eigenvalue weighted by molar-refractivity contribution is 0.0600. The maximum atomic E-state index is 12.4. The zero-order valence-corrected chi connectivity index (χ0v) is 21.2. The molecular formula is C31H32N2O3. The Hall–Kier alpha value is -3.83. The van der Waals surface area contributed by atoms with Crippen molar-refractivity contribution in [2.75, 3.05) is 25.1 Å². The van der Waals surface area contributed by atoms with Crippen LogP contribution in [0.25, 0.3) is 10.8 Å². The van der Waals surface area contributed by atoms with Crippen LogP contribution in [-0.2, 0) is 4.74 Å². The van der Waals surface area contributed by atoms with Gasteiger partial charge < -0.3 is 19.7 Å². The van der Waals surface area contributed by atoms with E-state index < -0.39 is 5.60 Å². The quantitative estimate of drug-likeness (QED) is 0.316. The van der Waals surface area contributed by atoms with Crippen LogP contribution in [0.15, 0.2) is 84.9 Å². The third-order valence-corrected chi connectivity index (χ3v) is 7.02. The smallest absolute Gasteiger partial charge is 0.338 e. The number of aryl methyl sites for hydroxylation is 1. The van der Waals surface area contributed by atoms with Crippen LogP contribution in [-0.4, -0.2) is 31.8 Å². The molecule has 0 fully saturated rings. The van der Waals surface area contributed by atoms with Crippen molar-refractivity contribution in [3.8, 4) is 5.75 Å². The summed E-state index contributed by atoms with van der Waals surface area (Å²) in [5, 5.41) is 6.23. The van der Waals surface area contributed by atoms with E-state index in [0.717, 1.165) is 22.7 Å². The fraction of sp³-hybridized carbons (Fsp3) is 0.258. The number of nitrogens with zero attached hydrogens (tertiary/aromatic N) is 1. The lowest BCUT2D eigenvalue weighted by Gasteiger charge is -2.43. The van der Waals surface area contributed by atoms with Crippen molar-refractivity contribution >= 4 is 28.1 Å². The Balaban J connectivity index is 1.43. The molecule has 1 N–H and O–H groups in total. The molecule has 2 atom stereocenters. The highest BCUT2D eigenvalue weighted by Crippen LogP contribution is 2.41. The number of nitrogens with one attached hydrogen (secondary N) is 1. The van der Waals surface area contributed by atoms with E-state index in [1.807, 2.05) is 37.3 Å². The molecule has 1 aliphatic rings. The highest BCUT2D eigenvalue weighted by atomic mass is 16.5. The number of benzene rings is 4. The van der Waals surface area contributed by atoms with Gasteiger partial charge in [0.2, 0.25) is 0 Å². The summed E-state index contributed by atoms with van der Waals surface area (Å²) in [6.07, 6.45) is 0. The Morgan fingerprint density at radius 1 is 1.06 bits per heavy atom. The first-order chi connectivity index (χ1) is 17.4. The second kappa shape index (κ2) is 9.67. The number of hydrogen-bond donors (Lipinski definition) is 1. The summed E-state index contributed by atoms with van der Waals surface area (Å²) in [6.45, 7) is 7.53. The molecule has 0 amide bonds. The van der Waals surface area contributed by atoms with Crippen molar-refractivity contribution in [2.24, 2.45) is 0 Å². The monoisotopic (exact) mass is 480 g/mol. The van der Waals surface area contributed by atoms with Crippen LogP contribution in [0, 0.1) is 6.92 Å². The van der Waals surface area contributed by atoms with Gasteiger partial charge in [0.05, 0.1) is 24.9 Å². The summed E-state index contributed by atoms with van der Waals surface area (Å²) < 4.78 is 11.6. The number of methoxy groups -OCH3 is 1. The summed E-state index contributed by atoms with van der Waals surface area (Å²) in [5.74, 6) is 0.496. The zero-order valence-electron chi connectivity index (χ0n) is 21.2. The molecule has 0 saturated heterocycles. The first kappa shape index (κ1) is 23.9. The van der Waals surface area contributed by atoms with E-state index in [0.29, 0.717) is 18.7 Å². The molecule has 1 aliphatic heterocycles. The predicted molar refractivity (Wildman–Crippen MR) is 145 cm³/mol. The summed E-state index contributed by atoms with van der Waals surface area (Å²) >= 11 is 0. The van der Waals surface area contributed by atoms with Gasteiger partial charge in [-0.15, -0.1) is 0 Å². The van der Waals surface area contributed by atoms with Crippen LogP contribution in [0.1, 0.15) is 41.4 Å². The van der Waals surface area contributed by atoms with E-state index in [1.54, 1.807) is 0 Å². The van der Waals surface area contributed by atoms with Gasteiger partial charge >= 0.3 is 5.97 Å². The maximum Gasteiger partial charge on any atom is 0.338 e. The van der Waals surface area contributed by atoms with Gasteiger partial charge in [-0.05, 0) is 66.9 Å². The van der Waals surface area contributed by atoms with Gasteiger partial charge in [-0.2, -0.15) is 0 Å². The molecule has 5 heteroatoms. The molecule has 0 aromatic heterocycles. The molecule has 0 aliphatic carbocycles. The van der Waals surface area contributed by atoms with E-state index in [-0.39, 0.29) is 12.0 Å². The SMILES string of the molecule is COC(=O)c1cc(N2CC(C)(CN[C@H](C)c3cccc4ccccc34)Oc3ccccc32)ccc1C. The minimum Gasteiger partial charge on any atom is -0.482 e. The number of fused-ring (bicyclic) bond motifs is 2. The van der Waals surface area contributed by atoms with E-state index in [9.17, 15) is 4.79 Å². The van der Waals surface area contributed by atoms with Crippen LogP contribution >= 0.6 is 0 Å². The average molecular weight is 481 g/mol. The van der Waals surface area contributed by atoms with Gasteiger partial charge in [0.15, 0.2) is 0 Å². The van der Waals surface area contributed by atoms with Crippen LogP contribution in [0.3, 0.4) is 0 Å². The number of hydrogen-bond acceptors (Lipinski definition) is 5. The van der Waals surface area contributed by atoms with Crippen molar-refractivity contribution in [2.45, 2.75) is 32.4 Å². The molecule has 0 spiro atoms. The lowest BCUT2D eigenvalue weighted by Crippen LogP contribution is -2.53. The third kappa shape index (κ3) is 4.54. The van der Waals surface area contributed by atoms with Crippen molar-refractivity contribution in [3.05, 3.63) is 102 Å². The molecule has 1 heterocycles. The first-order valence-electron chi connectivity index (χ1n) is 12.3. The molecule has 0 radical (unpaired) electrons. The molecule has 184 valence electrons. The van der Waals surface area contributed by atoms with E-state index >= 15 is 0 Å². The van der Waals surface area contributed by atoms with Crippen LogP contribution in [0.2, 0.25) is 0 Å². The normalized spacial score (nSPS) is 17.8. The van der Waals surface area contributed by atoms with Crippen molar-refractivity contribution < 1.29 is 14.3 Å². The first-order valence-corrected chi connectivity index (χ1v) is 12.3. The highest BCUT2D eigenvalue weighted by Gasteiger charge is 2.37. The number of para-hydroxylation sites is 2. The molecule has 0 saturated carbocycles. The Kier molecular flexibility index (Phi) is 6.42. The Morgan fingerprint density at radius 3 is 2.64 bits per heavy atom. The second-order valence-electron chi connectivity index (χ2n) is 9.77. The molecule has 0 bridgehead atoms. The number of anilines is 2. The Bertz CT molecular complexity index is 1410. The minimum absolute atomic E-state index is 0.146. The van der Waals surface area contributed by atoms with E-state index in [4.69, 9.17) is 9.47 Å². The summed E-state index contributed by atoms with van der Waals surface area (Å²) in [5.41, 5.74) is 4.15. The molecular weight excluding hydrogens is 448 g/mol. The highest BCUT2D eigenvalue weighted by molar-refractivity contribution is 5.92. The third-order valence-electron chi connectivity index (χ3n) is 7.02. The Labute approximate surface area is 212 Å². The molecule has 1 unspecified atom stereocenters. The van der Waals surface area contributed by atoms with Gasteiger partial charge in [0.1, 0.15) is 11.4 Å². The van der Waals surface area contributed by atoms with Gasteiger partial charge in [-0.3, -0.25) is 0 Å². The topological polar surface area (TPSA) is 50.8 Å². The fourth-order valence-electron chi connectivity index (χ4n) is 5.02. The molecule has 5 nitrogen and oxygen atoms in total. The average Bonchev–Trinajstić information content (AvgIpc) is 2.91. The molecule has 4 aromatic rings. The number of carbonyl (C=O) groups excluding carboxylic acids is 1. The van der Waals surface area contributed by atoms with Crippen molar-refractivity contribution in [1.82, 2.24) is 5.32 Å². The van der Waals surface area contributed by atoms with Crippen molar-refractivity contribution in [1.29, 1.82) is 0 Å². The Morgan fingerprint density at radius 2 is 1.81 bits per heavy atom.